The molecule has 0 atom stereocenters. The molecule has 0 radical (unpaired) electrons. The number of hydrogen-bond donors (Lipinski definition) is 1. The van der Waals surface area contributed by atoms with Crippen molar-refractivity contribution in [2.45, 2.75) is 25.7 Å². The average molecular weight is 224 g/mol. The average Bonchev–Trinajstić information content (AvgIpc) is 2.74. The number of halogens is 1. The number of aromatic nitrogens is 2. The second-order valence-corrected chi connectivity index (χ2v) is 4.06. The Bertz CT molecular complexity index is 363. The van der Waals surface area contributed by atoms with Crippen LogP contribution in [0.15, 0.2) is 24.2 Å². The maximum atomic E-state index is 5.92. The smallest absolute Gasteiger partial charge is 0.148 e. The van der Waals surface area contributed by atoms with E-state index in [1.54, 1.807) is 11.8 Å². The van der Waals surface area contributed by atoms with E-state index in [1.807, 2.05) is 0 Å². The van der Waals surface area contributed by atoms with Gasteiger partial charge in [0.1, 0.15) is 17.2 Å². The number of rotatable bonds is 4. The third kappa shape index (κ3) is 2.93. The first-order chi connectivity index (χ1) is 7.36. The van der Waals surface area contributed by atoms with Crippen molar-refractivity contribution in [3.63, 3.8) is 0 Å². The van der Waals surface area contributed by atoms with Crippen LogP contribution in [0.3, 0.4) is 0 Å². The molecule has 1 aromatic heterocycles. The monoisotopic (exact) mass is 223 g/mol. The Kier molecular flexibility index (Phi) is 3.56. The van der Waals surface area contributed by atoms with E-state index in [1.165, 1.54) is 25.6 Å². The van der Waals surface area contributed by atoms with Crippen LogP contribution in [0.1, 0.15) is 25.7 Å². The fraction of sp³-hybridized carbons (Fsp3) is 0.455. The minimum absolute atomic E-state index is 0.581. The molecular formula is C11H14ClN3. The second kappa shape index (κ2) is 5.12. The van der Waals surface area contributed by atoms with Gasteiger partial charge in [-0.3, -0.25) is 0 Å². The summed E-state index contributed by atoms with van der Waals surface area (Å²) in [5.74, 6) is 0.727. The Hall–Kier alpha value is -1.09. The van der Waals surface area contributed by atoms with Crippen LogP contribution in [0.25, 0.3) is 0 Å². The summed E-state index contributed by atoms with van der Waals surface area (Å²) >= 11 is 5.92. The topological polar surface area (TPSA) is 37.8 Å². The van der Waals surface area contributed by atoms with Gasteiger partial charge in [-0.2, -0.15) is 0 Å². The third-order valence-electron chi connectivity index (χ3n) is 2.54. The van der Waals surface area contributed by atoms with Crippen molar-refractivity contribution in [1.29, 1.82) is 0 Å². The molecule has 80 valence electrons. The zero-order valence-electron chi connectivity index (χ0n) is 8.54. The van der Waals surface area contributed by atoms with Crippen molar-refractivity contribution >= 4 is 17.4 Å². The molecule has 1 heterocycles. The zero-order valence-corrected chi connectivity index (χ0v) is 9.30. The van der Waals surface area contributed by atoms with Gasteiger partial charge in [0.25, 0.3) is 0 Å². The zero-order chi connectivity index (χ0) is 10.5. The van der Waals surface area contributed by atoms with Gasteiger partial charge in [-0.25, -0.2) is 9.97 Å². The lowest BCUT2D eigenvalue weighted by Crippen LogP contribution is -2.04. The van der Waals surface area contributed by atoms with Crippen LogP contribution >= 0.6 is 11.6 Å². The number of nitrogens with zero attached hydrogens (tertiary/aromatic N) is 2. The summed E-state index contributed by atoms with van der Waals surface area (Å²) in [6, 6.07) is 0. The van der Waals surface area contributed by atoms with E-state index in [9.17, 15) is 0 Å². The highest BCUT2D eigenvalue weighted by molar-refractivity contribution is 6.32. The fourth-order valence-electron chi connectivity index (χ4n) is 1.75. The lowest BCUT2D eigenvalue weighted by molar-refractivity contribution is 0.861. The van der Waals surface area contributed by atoms with Gasteiger partial charge in [-0.05, 0) is 25.7 Å². The normalized spacial score (nSPS) is 15.1. The molecule has 0 aliphatic heterocycles. The first kappa shape index (κ1) is 10.4. The summed E-state index contributed by atoms with van der Waals surface area (Å²) in [7, 11) is 0. The molecule has 3 nitrogen and oxygen atoms in total. The molecular weight excluding hydrogens is 210 g/mol. The number of nitrogens with one attached hydrogen (secondary N) is 1. The number of hydrogen-bond acceptors (Lipinski definition) is 3. The number of allylic oxidation sites excluding steroid dienone is 1. The van der Waals surface area contributed by atoms with E-state index in [4.69, 9.17) is 11.6 Å². The van der Waals surface area contributed by atoms with Crippen molar-refractivity contribution in [3.05, 3.63) is 29.2 Å². The van der Waals surface area contributed by atoms with Gasteiger partial charge in [-0.15, -0.1) is 0 Å². The Balaban J connectivity index is 1.80. The minimum Gasteiger partial charge on any atom is -0.368 e. The second-order valence-electron chi connectivity index (χ2n) is 3.65. The highest BCUT2D eigenvalue weighted by atomic mass is 35.5. The SMILES string of the molecule is Clc1cncnc1NCCC1=CCCC1. The molecule has 15 heavy (non-hydrogen) atoms. The van der Waals surface area contributed by atoms with Crippen LogP contribution in [0.2, 0.25) is 5.02 Å². The number of anilines is 1. The van der Waals surface area contributed by atoms with Crippen LogP contribution in [0.4, 0.5) is 5.82 Å². The standard InChI is InChI=1S/C11H14ClN3/c12-10-7-13-8-15-11(10)14-6-5-9-3-1-2-4-9/h3,7-8H,1-2,4-6H2,(H,13,14,15). The first-order valence-corrected chi connectivity index (χ1v) is 5.61. The summed E-state index contributed by atoms with van der Waals surface area (Å²) in [4.78, 5) is 7.90. The minimum atomic E-state index is 0.581. The first-order valence-electron chi connectivity index (χ1n) is 5.23. The van der Waals surface area contributed by atoms with Crippen LogP contribution < -0.4 is 5.32 Å². The molecule has 0 aromatic carbocycles. The van der Waals surface area contributed by atoms with Crippen molar-refractivity contribution < 1.29 is 0 Å². The molecule has 1 N–H and O–H groups in total. The Morgan fingerprint density at radius 2 is 2.40 bits per heavy atom. The van der Waals surface area contributed by atoms with Crippen LogP contribution in [-0.2, 0) is 0 Å². The highest BCUT2D eigenvalue weighted by Gasteiger charge is 2.05. The lowest BCUT2D eigenvalue weighted by atomic mass is 10.2. The van der Waals surface area contributed by atoms with E-state index in [2.05, 4.69) is 21.4 Å². The molecule has 0 saturated carbocycles. The molecule has 1 aliphatic carbocycles. The summed E-state index contributed by atoms with van der Waals surface area (Å²) < 4.78 is 0. The Labute approximate surface area is 94.6 Å². The summed E-state index contributed by atoms with van der Waals surface area (Å²) in [5.41, 5.74) is 1.55. The fourth-order valence-corrected chi connectivity index (χ4v) is 1.92. The molecule has 2 rings (SSSR count). The van der Waals surface area contributed by atoms with Gasteiger partial charge in [0, 0.05) is 6.54 Å². The van der Waals surface area contributed by atoms with Gasteiger partial charge >= 0.3 is 0 Å². The van der Waals surface area contributed by atoms with Gasteiger partial charge < -0.3 is 5.32 Å². The molecule has 1 aliphatic rings. The highest BCUT2D eigenvalue weighted by Crippen LogP contribution is 2.21. The molecule has 1 aromatic rings. The van der Waals surface area contributed by atoms with Crippen molar-refractivity contribution in [1.82, 2.24) is 9.97 Å². The van der Waals surface area contributed by atoms with E-state index in [0.717, 1.165) is 18.8 Å². The van der Waals surface area contributed by atoms with Crippen molar-refractivity contribution in [2.24, 2.45) is 0 Å². The predicted molar refractivity (Wildman–Crippen MR) is 62.1 cm³/mol. The van der Waals surface area contributed by atoms with Crippen molar-refractivity contribution in [2.75, 3.05) is 11.9 Å². The Morgan fingerprint density at radius 1 is 1.47 bits per heavy atom. The summed E-state index contributed by atoms with van der Waals surface area (Å²) in [6.07, 6.45) is 10.3. The van der Waals surface area contributed by atoms with Gasteiger partial charge in [0.05, 0.1) is 6.20 Å². The molecule has 4 heteroatoms. The quantitative estimate of drug-likeness (QED) is 0.798. The van der Waals surface area contributed by atoms with Gasteiger partial charge in [0.15, 0.2) is 0 Å². The van der Waals surface area contributed by atoms with Gasteiger partial charge in [-0.1, -0.05) is 23.3 Å². The predicted octanol–water partition coefficient (Wildman–Crippen LogP) is 3.04. The van der Waals surface area contributed by atoms with E-state index in [-0.39, 0.29) is 0 Å². The molecule has 0 bridgehead atoms. The van der Waals surface area contributed by atoms with E-state index in [0.29, 0.717) is 5.02 Å². The van der Waals surface area contributed by atoms with E-state index < -0.39 is 0 Å². The summed E-state index contributed by atoms with van der Waals surface area (Å²) in [6.45, 7) is 0.891. The lowest BCUT2D eigenvalue weighted by Gasteiger charge is -2.06. The summed E-state index contributed by atoms with van der Waals surface area (Å²) in [5, 5.41) is 3.80. The Morgan fingerprint density at radius 3 is 3.13 bits per heavy atom. The maximum Gasteiger partial charge on any atom is 0.148 e. The molecule has 0 amide bonds. The van der Waals surface area contributed by atoms with Crippen LogP contribution in [-0.4, -0.2) is 16.5 Å². The molecule has 0 spiro atoms. The van der Waals surface area contributed by atoms with Crippen LogP contribution in [0.5, 0.6) is 0 Å². The molecule has 0 saturated heterocycles. The molecule has 0 fully saturated rings. The maximum absolute atomic E-state index is 5.92. The van der Waals surface area contributed by atoms with Gasteiger partial charge in [0.2, 0.25) is 0 Å². The molecule has 0 unspecified atom stereocenters. The third-order valence-corrected chi connectivity index (χ3v) is 2.82. The van der Waals surface area contributed by atoms with Crippen molar-refractivity contribution in [3.8, 4) is 0 Å². The van der Waals surface area contributed by atoms with E-state index >= 15 is 0 Å². The largest absolute Gasteiger partial charge is 0.368 e. The van der Waals surface area contributed by atoms with Crippen LogP contribution in [0, 0.1) is 0 Å².